The molecule has 1 unspecified atom stereocenters. The lowest BCUT2D eigenvalue weighted by atomic mass is 10.2. The molecule has 0 aliphatic carbocycles. The third kappa shape index (κ3) is 4.94. The van der Waals surface area contributed by atoms with Gasteiger partial charge in [-0.2, -0.15) is 0 Å². The van der Waals surface area contributed by atoms with Crippen LogP contribution < -0.4 is 0 Å². The van der Waals surface area contributed by atoms with Crippen LogP contribution in [-0.2, 0) is 20.9 Å². The Morgan fingerprint density at radius 2 is 2.00 bits per heavy atom. The molecule has 1 aromatic rings. The number of rotatable bonds is 6. The number of carbonyl (C=O) groups excluding carboxylic acids is 1. The predicted octanol–water partition coefficient (Wildman–Crippen LogP) is 2.54. The highest BCUT2D eigenvalue weighted by Crippen LogP contribution is 2.06. The molecule has 1 atom stereocenters. The average molecular weight is 222 g/mol. The number of hydrogen-bond donors (Lipinski definition) is 0. The van der Waals surface area contributed by atoms with Gasteiger partial charge in [-0.1, -0.05) is 30.3 Å². The van der Waals surface area contributed by atoms with Gasteiger partial charge in [0.1, 0.15) is 0 Å². The summed E-state index contributed by atoms with van der Waals surface area (Å²) in [6.45, 7) is 4.62. The number of benzene rings is 1. The first-order valence-corrected chi connectivity index (χ1v) is 5.53. The fraction of sp³-hybridized carbons (Fsp3) is 0.462. The molecular formula is C13H18O3. The van der Waals surface area contributed by atoms with Crippen LogP contribution in [-0.4, -0.2) is 18.7 Å². The second-order valence-electron chi connectivity index (χ2n) is 3.62. The molecule has 3 heteroatoms. The van der Waals surface area contributed by atoms with Gasteiger partial charge in [-0.15, -0.1) is 0 Å². The zero-order chi connectivity index (χ0) is 11.8. The van der Waals surface area contributed by atoms with E-state index in [2.05, 4.69) is 0 Å². The molecule has 0 aromatic heterocycles. The van der Waals surface area contributed by atoms with Gasteiger partial charge >= 0.3 is 5.97 Å². The van der Waals surface area contributed by atoms with E-state index < -0.39 is 0 Å². The van der Waals surface area contributed by atoms with Crippen LogP contribution in [0.1, 0.15) is 25.8 Å². The molecule has 3 nitrogen and oxygen atoms in total. The molecule has 0 bridgehead atoms. The minimum Gasteiger partial charge on any atom is -0.466 e. The van der Waals surface area contributed by atoms with Crippen LogP contribution in [0.3, 0.4) is 0 Å². The van der Waals surface area contributed by atoms with E-state index in [1.165, 1.54) is 0 Å². The molecule has 1 rings (SSSR count). The monoisotopic (exact) mass is 222 g/mol. The first kappa shape index (κ1) is 12.7. The number of ether oxygens (including phenoxy) is 2. The van der Waals surface area contributed by atoms with Gasteiger partial charge in [0, 0.05) is 0 Å². The van der Waals surface area contributed by atoms with Crippen LogP contribution in [0.2, 0.25) is 0 Å². The summed E-state index contributed by atoms with van der Waals surface area (Å²) in [6, 6.07) is 9.89. The lowest BCUT2D eigenvalue weighted by molar-refractivity contribution is -0.146. The Balaban J connectivity index is 2.25. The van der Waals surface area contributed by atoms with Crippen LogP contribution >= 0.6 is 0 Å². The Morgan fingerprint density at radius 3 is 2.62 bits per heavy atom. The minimum absolute atomic E-state index is 0.112. The maximum atomic E-state index is 11.2. The minimum atomic E-state index is -0.205. The van der Waals surface area contributed by atoms with Gasteiger partial charge in [-0.25, -0.2) is 0 Å². The van der Waals surface area contributed by atoms with Crippen molar-refractivity contribution in [2.45, 2.75) is 33.0 Å². The summed E-state index contributed by atoms with van der Waals surface area (Å²) in [6.07, 6.45) is 0.194. The van der Waals surface area contributed by atoms with Crippen molar-refractivity contribution in [3.05, 3.63) is 35.9 Å². The smallest absolute Gasteiger partial charge is 0.308 e. The molecule has 1 aromatic carbocycles. The molecule has 0 amide bonds. The quantitative estimate of drug-likeness (QED) is 0.694. The summed E-state index contributed by atoms with van der Waals surface area (Å²) in [5.41, 5.74) is 1.11. The first-order chi connectivity index (χ1) is 7.72. The largest absolute Gasteiger partial charge is 0.466 e. The normalized spacial score (nSPS) is 12.1. The Labute approximate surface area is 96.4 Å². The summed E-state index contributed by atoms with van der Waals surface area (Å²) < 4.78 is 10.4. The summed E-state index contributed by atoms with van der Waals surface area (Å²) in [5, 5.41) is 0. The molecular weight excluding hydrogens is 204 g/mol. The van der Waals surface area contributed by atoms with Gasteiger partial charge in [0.2, 0.25) is 0 Å². The van der Waals surface area contributed by atoms with Crippen LogP contribution in [0, 0.1) is 0 Å². The van der Waals surface area contributed by atoms with Gasteiger partial charge in [0.15, 0.2) is 0 Å². The highest BCUT2D eigenvalue weighted by Gasteiger charge is 2.09. The molecule has 0 spiro atoms. The van der Waals surface area contributed by atoms with E-state index in [0.717, 1.165) is 5.56 Å². The van der Waals surface area contributed by atoms with Gasteiger partial charge in [0.25, 0.3) is 0 Å². The van der Waals surface area contributed by atoms with Crippen molar-refractivity contribution < 1.29 is 14.3 Å². The summed E-state index contributed by atoms with van der Waals surface area (Å²) in [7, 11) is 0. The molecule has 88 valence electrons. The third-order valence-electron chi connectivity index (χ3n) is 2.14. The molecule has 0 heterocycles. The van der Waals surface area contributed by atoms with Crippen molar-refractivity contribution in [2.75, 3.05) is 6.61 Å². The maximum Gasteiger partial charge on any atom is 0.308 e. The number of esters is 1. The van der Waals surface area contributed by atoms with Gasteiger partial charge in [-0.3, -0.25) is 4.79 Å². The third-order valence-corrected chi connectivity index (χ3v) is 2.14. The van der Waals surface area contributed by atoms with E-state index >= 15 is 0 Å². The molecule has 0 aliphatic rings. The van der Waals surface area contributed by atoms with Crippen LogP contribution in [0.15, 0.2) is 30.3 Å². The van der Waals surface area contributed by atoms with Crippen molar-refractivity contribution in [3.8, 4) is 0 Å². The predicted molar refractivity (Wildman–Crippen MR) is 61.9 cm³/mol. The molecule has 0 aliphatic heterocycles. The van der Waals surface area contributed by atoms with Crippen molar-refractivity contribution in [1.29, 1.82) is 0 Å². The molecule has 0 fully saturated rings. The molecule has 0 radical (unpaired) electrons. The van der Waals surface area contributed by atoms with Crippen LogP contribution in [0.25, 0.3) is 0 Å². The van der Waals surface area contributed by atoms with E-state index in [9.17, 15) is 4.79 Å². The Morgan fingerprint density at radius 1 is 1.31 bits per heavy atom. The number of hydrogen-bond acceptors (Lipinski definition) is 3. The van der Waals surface area contributed by atoms with Crippen LogP contribution in [0.4, 0.5) is 0 Å². The van der Waals surface area contributed by atoms with Crippen molar-refractivity contribution in [3.63, 3.8) is 0 Å². The first-order valence-electron chi connectivity index (χ1n) is 5.53. The molecule has 16 heavy (non-hydrogen) atoms. The topological polar surface area (TPSA) is 35.5 Å². The highest BCUT2D eigenvalue weighted by atomic mass is 16.5. The van der Waals surface area contributed by atoms with Crippen molar-refractivity contribution >= 4 is 5.97 Å². The van der Waals surface area contributed by atoms with Crippen molar-refractivity contribution in [1.82, 2.24) is 0 Å². The van der Waals surface area contributed by atoms with E-state index in [1.807, 2.05) is 37.3 Å². The lowest BCUT2D eigenvalue weighted by Gasteiger charge is -2.12. The lowest BCUT2D eigenvalue weighted by Crippen LogP contribution is -2.16. The van der Waals surface area contributed by atoms with Gasteiger partial charge in [-0.05, 0) is 19.4 Å². The second-order valence-corrected chi connectivity index (χ2v) is 3.62. The summed E-state index contributed by atoms with van der Waals surface area (Å²) in [4.78, 5) is 11.2. The van der Waals surface area contributed by atoms with Gasteiger partial charge < -0.3 is 9.47 Å². The summed E-state index contributed by atoms with van der Waals surface area (Å²) >= 11 is 0. The SMILES string of the molecule is CCOC(=O)CC(C)OCc1ccccc1. The van der Waals surface area contributed by atoms with Crippen molar-refractivity contribution in [2.24, 2.45) is 0 Å². The second kappa shape index (κ2) is 7.01. The van der Waals surface area contributed by atoms with Gasteiger partial charge in [0.05, 0.1) is 25.7 Å². The molecule has 0 saturated carbocycles. The Kier molecular flexibility index (Phi) is 5.57. The zero-order valence-electron chi connectivity index (χ0n) is 9.81. The Hall–Kier alpha value is -1.35. The van der Waals surface area contributed by atoms with Crippen LogP contribution in [0.5, 0.6) is 0 Å². The fourth-order valence-electron chi connectivity index (χ4n) is 1.33. The molecule has 0 N–H and O–H groups in total. The maximum absolute atomic E-state index is 11.2. The van der Waals surface area contributed by atoms with E-state index in [4.69, 9.17) is 9.47 Å². The van der Waals surface area contributed by atoms with E-state index in [1.54, 1.807) is 6.92 Å². The van der Waals surface area contributed by atoms with E-state index in [0.29, 0.717) is 19.6 Å². The standard InChI is InChI=1S/C13H18O3/c1-3-15-13(14)9-11(2)16-10-12-7-5-4-6-8-12/h4-8,11H,3,9-10H2,1-2H3. The highest BCUT2D eigenvalue weighted by molar-refractivity contribution is 5.69. The zero-order valence-corrected chi connectivity index (χ0v) is 9.81. The Bertz CT molecular complexity index is 308. The summed E-state index contributed by atoms with van der Waals surface area (Å²) in [5.74, 6) is -0.205. The molecule has 0 saturated heterocycles. The number of carbonyl (C=O) groups is 1. The van der Waals surface area contributed by atoms with E-state index in [-0.39, 0.29) is 12.1 Å². The fourth-order valence-corrected chi connectivity index (χ4v) is 1.33. The average Bonchev–Trinajstić information content (AvgIpc) is 2.28.